The van der Waals surface area contributed by atoms with Gasteiger partial charge in [0.15, 0.2) is 0 Å². The minimum absolute atomic E-state index is 0.193. The lowest BCUT2D eigenvalue weighted by molar-refractivity contribution is -0.403. The Bertz CT molecular complexity index is 830. The molecule has 0 saturated heterocycles. The van der Waals surface area contributed by atoms with Gasteiger partial charge in [0.05, 0.1) is 32.6 Å². The summed E-state index contributed by atoms with van der Waals surface area (Å²) in [6, 6.07) is 5.92. The lowest BCUT2D eigenvalue weighted by Gasteiger charge is -2.00. The molecule has 0 aliphatic carbocycles. The zero-order valence-electron chi connectivity index (χ0n) is 11.7. The summed E-state index contributed by atoms with van der Waals surface area (Å²) >= 11 is 0. The maximum absolute atomic E-state index is 12.8. The highest BCUT2D eigenvalue weighted by atomic mass is 19.1. The molecule has 0 N–H and O–H groups in total. The minimum Gasteiger partial charge on any atom is -0.258 e. The zero-order chi connectivity index (χ0) is 17.9. The number of rotatable bonds is 5. The van der Waals surface area contributed by atoms with Crippen molar-refractivity contribution in [1.82, 2.24) is 0 Å². The Hall–Kier alpha value is -3.76. The Morgan fingerprint density at radius 2 is 1.38 bits per heavy atom. The summed E-state index contributed by atoms with van der Waals surface area (Å²) in [7, 11) is 0. The molecule has 0 bridgehead atoms. The van der Waals surface area contributed by atoms with Crippen LogP contribution in [0.3, 0.4) is 0 Å². The number of benzene rings is 2. The molecule has 0 amide bonds. The van der Waals surface area contributed by atoms with Gasteiger partial charge in [0.2, 0.25) is 0 Å². The van der Waals surface area contributed by atoms with Gasteiger partial charge in [-0.1, -0.05) is 0 Å². The van der Waals surface area contributed by atoms with Crippen LogP contribution in [0.25, 0.3) is 0 Å². The van der Waals surface area contributed by atoms with Crippen molar-refractivity contribution >= 4 is 29.0 Å². The number of hydrogen-bond acceptors (Lipinski definition) is 7. The molecule has 2 rings (SSSR count). The van der Waals surface area contributed by atoms with Crippen LogP contribution in [-0.2, 0) is 0 Å². The molecule has 0 spiro atoms. The largest absolute Gasteiger partial charge is 0.291 e. The van der Waals surface area contributed by atoms with E-state index >= 15 is 0 Å². The molecule has 2 aromatic carbocycles. The zero-order valence-corrected chi connectivity index (χ0v) is 11.7. The summed E-state index contributed by atoms with van der Waals surface area (Å²) in [6.45, 7) is 0. The molecule has 0 fully saturated rings. The first-order chi connectivity index (χ1) is 11.3. The van der Waals surface area contributed by atoms with Gasteiger partial charge in [-0.2, -0.15) is 0 Å². The van der Waals surface area contributed by atoms with Crippen molar-refractivity contribution in [3.63, 3.8) is 0 Å². The molecule has 0 atom stereocenters. The Morgan fingerprint density at radius 1 is 0.875 bits per heavy atom. The third-order valence-electron chi connectivity index (χ3n) is 2.89. The fourth-order valence-electron chi connectivity index (χ4n) is 1.81. The summed E-state index contributed by atoms with van der Waals surface area (Å²) in [4.78, 5) is 33.8. The molecular weight excluding hydrogens is 327 g/mol. The number of nitro benzene ring substituents is 3. The van der Waals surface area contributed by atoms with E-state index in [1.807, 2.05) is 0 Å². The Morgan fingerprint density at radius 3 is 1.79 bits per heavy atom. The average Bonchev–Trinajstić information content (AvgIpc) is 2.53. The molecule has 122 valence electrons. The van der Waals surface area contributed by atoms with Gasteiger partial charge in [-0.25, -0.2) is 4.39 Å². The highest BCUT2D eigenvalue weighted by Gasteiger charge is 2.29. The van der Waals surface area contributed by atoms with Gasteiger partial charge in [-0.3, -0.25) is 35.3 Å². The molecule has 0 saturated carbocycles. The second-order valence-corrected chi connectivity index (χ2v) is 4.40. The summed E-state index contributed by atoms with van der Waals surface area (Å²) < 4.78 is 12.8. The average molecular weight is 334 g/mol. The van der Waals surface area contributed by atoms with Crippen molar-refractivity contribution in [2.45, 2.75) is 0 Å². The Balaban J connectivity index is 2.61. The van der Waals surface area contributed by atoms with Crippen LogP contribution in [0.15, 0.2) is 41.4 Å². The van der Waals surface area contributed by atoms with Gasteiger partial charge in [-0.15, -0.1) is 0 Å². The van der Waals surface area contributed by atoms with Gasteiger partial charge in [-0.05, 0) is 24.3 Å². The summed E-state index contributed by atoms with van der Waals surface area (Å²) in [6.07, 6.45) is 0.841. The van der Waals surface area contributed by atoms with Gasteiger partial charge < -0.3 is 0 Å². The molecule has 0 radical (unpaired) electrons. The van der Waals surface area contributed by atoms with Crippen LogP contribution < -0.4 is 0 Å². The first kappa shape index (κ1) is 16.6. The number of nitrogens with zero attached hydrogens (tertiary/aromatic N) is 4. The highest BCUT2D eigenvalue weighted by molar-refractivity contribution is 5.93. The van der Waals surface area contributed by atoms with Gasteiger partial charge in [0, 0.05) is 6.21 Å². The summed E-state index contributed by atoms with van der Waals surface area (Å²) in [5.74, 6) is -0.527. The third-order valence-corrected chi connectivity index (χ3v) is 2.89. The van der Waals surface area contributed by atoms with Crippen LogP contribution in [0.4, 0.5) is 27.1 Å². The van der Waals surface area contributed by atoms with E-state index in [1.54, 1.807) is 0 Å². The van der Waals surface area contributed by atoms with Crippen molar-refractivity contribution in [1.29, 1.82) is 0 Å². The van der Waals surface area contributed by atoms with Gasteiger partial charge >= 0.3 is 0 Å². The molecule has 2 aromatic rings. The molecule has 0 heterocycles. The molecule has 11 heteroatoms. The van der Waals surface area contributed by atoms with Crippen LogP contribution >= 0.6 is 0 Å². The molecule has 0 unspecified atom stereocenters. The highest BCUT2D eigenvalue weighted by Crippen LogP contribution is 2.32. The van der Waals surface area contributed by atoms with Crippen molar-refractivity contribution in [3.05, 3.63) is 78.1 Å². The smallest absolute Gasteiger partial charge is 0.258 e. The molecule has 0 aliphatic heterocycles. The Labute approximate surface area is 132 Å². The molecule has 24 heavy (non-hydrogen) atoms. The molecular formula is C13H7FN4O6. The van der Waals surface area contributed by atoms with E-state index in [4.69, 9.17) is 0 Å². The van der Waals surface area contributed by atoms with Crippen molar-refractivity contribution in [2.24, 2.45) is 4.99 Å². The number of nitro groups is 3. The lowest BCUT2D eigenvalue weighted by atomic mass is 10.1. The third kappa shape index (κ3) is 3.52. The van der Waals surface area contributed by atoms with E-state index in [0.29, 0.717) is 12.1 Å². The minimum atomic E-state index is -0.980. The summed E-state index contributed by atoms with van der Waals surface area (Å²) in [5.41, 5.74) is -2.76. The fraction of sp³-hybridized carbons (Fsp3) is 0. The van der Waals surface area contributed by atoms with E-state index in [1.165, 1.54) is 12.1 Å². The fourth-order valence-corrected chi connectivity index (χ4v) is 1.81. The molecule has 0 aliphatic rings. The topological polar surface area (TPSA) is 142 Å². The molecule has 10 nitrogen and oxygen atoms in total. The standard InChI is InChI=1S/C13H7FN4O6/c14-8-1-3-9(4-2-8)15-7-11-12(17(21)22)5-10(16(19)20)6-13(11)18(23)24/h1-7H. The van der Waals surface area contributed by atoms with Crippen LogP contribution in [-0.4, -0.2) is 21.0 Å². The normalized spacial score (nSPS) is 10.7. The monoisotopic (exact) mass is 334 g/mol. The number of hydrogen-bond donors (Lipinski definition) is 0. The predicted octanol–water partition coefficient (Wildman–Crippen LogP) is 3.30. The van der Waals surface area contributed by atoms with Crippen LogP contribution in [0.1, 0.15) is 5.56 Å². The SMILES string of the molecule is O=[N+]([O-])c1cc([N+](=O)[O-])c(C=Nc2ccc(F)cc2)c([N+](=O)[O-])c1. The van der Waals surface area contributed by atoms with E-state index in [2.05, 4.69) is 4.99 Å². The Kier molecular flexibility index (Phi) is 4.54. The van der Waals surface area contributed by atoms with Crippen molar-refractivity contribution in [3.8, 4) is 0 Å². The second kappa shape index (κ2) is 6.56. The number of halogens is 1. The number of non-ortho nitro benzene ring substituents is 1. The maximum atomic E-state index is 12.8. The quantitative estimate of drug-likeness (QED) is 0.466. The molecule has 0 aromatic heterocycles. The maximum Gasteiger partial charge on any atom is 0.291 e. The van der Waals surface area contributed by atoms with Crippen molar-refractivity contribution in [2.75, 3.05) is 0 Å². The summed E-state index contributed by atoms with van der Waals surface area (Å²) in [5, 5.41) is 32.9. The van der Waals surface area contributed by atoms with E-state index in [9.17, 15) is 34.7 Å². The van der Waals surface area contributed by atoms with Crippen LogP contribution in [0.5, 0.6) is 0 Å². The first-order valence-corrected chi connectivity index (χ1v) is 6.20. The van der Waals surface area contributed by atoms with Crippen LogP contribution in [0, 0.1) is 36.2 Å². The van der Waals surface area contributed by atoms with Crippen LogP contribution in [0.2, 0.25) is 0 Å². The van der Waals surface area contributed by atoms with Crippen molar-refractivity contribution < 1.29 is 19.2 Å². The second-order valence-electron chi connectivity index (χ2n) is 4.40. The van der Waals surface area contributed by atoms with E-state index in [-0.39, 0.29) is 5.69 Å². The van der Waals surface area contributed by atoms with Gasteiger partial charge in [0.1, 0.15) is 11.4 Å². The van der Waals surface area contributed by atoms with E-state index < -0.39 is 43.2 Å². The van der Waals surface area contributed by atoms with Gasteiger partial charge in [0.25, 0.3) is 17.1 Å². The van der Waals surface area contributed by atoms with E-state index in [0.717, 1.165) is 18.3 Å². The number of aliphatic imine (C=N–C) groups is 1. The first-order valence-electron chi connectivity index (χ1n) is 6.20. The predicted molar refractivity (Wildman–Crippen MR) is 80.1 cm³/mol. The lowest BCUT2D eigenvalue weighted by Crippen LogP contribution is -2.02.